The van der Waals surface area contributed by atoms with Gasteiger partial charge >= 0.3 is 0 Å². The fraction of sp³-hybridized carbons (Fsp3) is 0.188. The number of rotatable bonds is 5. The normalized spacial score (nSPS) is 10.7. The molecule has 0 saturated carbocycles. The van der Waals surface area contributed by atoms with Crippen molar-refractivity contribution in [3.63, 3.8) is 0 Å². The highest BCUT2D eigenvalue weighted by molar-refractivity contribution is 7.14. The lowest BCUT2D eigenvalue weighted by Gasteiger charge is -2.00. The van der Waals surface area contributed by atoms with Gasteiger partial charge in [-0.15, -0.1) is 22.7 Å². The molecule has 3 aromatic rings. The second-order valence-corrected chi connectivity index (χ2v) is 6.78. The molecule has 23 heavy (non-hydrogen) atoms. The van der Waals surface area contributed by atoms with Crippen LogP contribution in [-0.2, 0) is 17.8 Å². The van der Waals surface area contributed by atoms with E-state index in [-0.39, 0.29) is 12.3 Å². The number of hydrogen-bond donors (Lipinski definition) is 2. The Labute approximate surface area is 142 Å². The van der Waals surface area contributed by atoms with E-state index < -0.39 is 0 Å². The summed E-state index contributed by atoms with van der Waals surface area (Å²) in [5.74, 6) is -0.105. The molecule has 0 aliphatic heterocycles. The largest absolute Gasteiger partial charge is 0.326 e. The molecule has 0 unspecified atom stereocenters. The molecule has 7 heteroatoms. The van der Waals surface area contributed by atoms with Crippen molar-refractivity contribution in [1.82, 2.24) is 9.97 Å². The highest BCUT2D eigenvalue weighted by Crippen LogP contribution is 2.25. The van der Waals surface area contributed by atoms with E-state index in [1.807, 2.05) is 41.9 Å². The standard InChI is InChI=1S/C16H16N4OS2/c1-10-8-23-16(18-10)20-14(21)6-13-9-22-15(19-13)12-4-2-3-11(5-12)7-17/h2-5,8-9H,6-7,17H2,1H3,(H,18,20,21). The number of nitrogens with zero attached hydrogens (tertiary/aromatic N) is 2. The molecule has 0 atom stereocenters. The van der Waals surface area contributed by atoms with Gasteiger partial charge in [-0.3, -0.25) is 4.79 Å². The summed E-state index contributed by atoms with van der Waals surface area (Å²) in [6, 6.07) is 7.98. The molecule has 1 aromatic carbocycles. The second-order valence-electron chi connectivity index (χ2n) is 5.07. The monoisotopic (exact) mass is 344 g/mol. The van der Waals surface area contributed by atoms with Crippen LogP contribution in [-0.4, -0.2) is 15.9 Å². The van der Waals surface area contributed by atoms with Crippen LogP contribution in [0.2, 0.25) is 0 Å². The Morgan fingerprint density at radius 3 is 2.87 bits per heavy atom. The fourth-order valence-corrected chi connectivity index (χ4v) is 3.61. The van der Waals surface area contributed by atoms with Crippen LogP contribution in [0.1, 0.15) is 17.0 Å². The lowest BCUT2D eigenvalue weighted by atomic mass is 10.1. The minimum absolute atomic E-state index is 0.105. The predicted octanol–water partition coefficient (Wildman–Crippen LogP) is 3.21. The predicted molar refractivity (Wildman–Crippen MR) is 94.6 cm³/mol. The Hall–Kier alpha value is -2.09. The molecule has 5 nitrogen and oxygen atoms in total. The molecule has 2 heterocycles. The van der Waals surface area contributed by atoms with Gasteiger partial charge in [0, 0.05) is 22.9 Å². The summed E-state index contributed by atoms with van der Waals surface area (Å²) < 4.78 is 0. The molecule has 0 fully saturated rings. The van der Waals surface area contributed by atoms with Crippen LogP contribution in [0.15, 0.2) is 35.0 Å². The molecule has 0 aliphatic rings. The average molecular weight is 344 g/mol. The Morgan fingerprint density at radius 1 is 1.26 bits per heavy atom. The van der Waals surface area contributed by atoms with Gasteiger partial charge in [0.25, 0.3) is 0 Å². The summed E-state index contributed by atoms with van der Waals surface area (Å²) in [5, 5.41) is 8.13. The lowest BCUT2D eigenvalue weighted by molar-refractivity contribution is -0.115. The van der Waals surface area contributed by atoms with E-state index in [1.54, 1.807) is 0 Å². The molecule has 118 valence electrons. The third-order valence-corrected chi connectivity index (χ3v) is 4.98. The van der Waals surface area contributed by atoms with E-state index in [4.69, 9.17) is 5.73 Å². The van der Waals surface area contributed by atoms with Gasteiger partial charge in [-0.05, 0) is 18.6 Å². The van der Waals surface area contributed by atoms with Crippen LogP contribution in [0.5, 0.6) is 0 Å². The smallest absolute Gasteiger partial charge is 0.232 e. The summed E-state index contributed by atoms with van der Waals surface area (Å²) in [7, 11) is 0. The first kappa shape index (κ1) is 15.8. The highest BCUT2D eigenvalue weighted by Gasteiger charge is 2.11. The topological polar surface area (TPSA) is 80.9 Å². The third-order valence-electron chi connectivity index (χ3n) is 3.17. The van der Waals surface area contributed by atoms with Crippen molar-refractivity contribution in [2.45, 2.75) is 19.9 Å². The minimum atomic E-state index is -0.105. The Kier molecular flexibility index (Phi) is 4.80. The lowest BCUT2D eigenvalue weighted by Crippen LogP contribution is -2.14. The number of aromatic nitrogens is 2. The number of carbonyl (C=O) groups is 1. The van der Waals surface area contributed by atoms with Gasteiger partial charge in [0.1, 0.15) is 5.01 Å². The Bertz CT molecular complexity index is 825. The van der Waals surface area contributed by atoms with E-state index in [0.717, 1.165) is 27.5 Å². The number of hydrogen-bond acceptors (Lipinski definition) is 6. The molecule has 0 saturated heterocycles. The van der Waals surface area contributed by atoms with E-state index in [2.05, 4.69) is 15.3 Å². The zero-order valence-corrected chi connectivity index (χ0v) is 14.2. The van der Waals surface area contributed by atoms with Gasteiger partial charge < -0.3 is 11.1 Å². The van der Waals surface area contributed by atoms with Crippen LogP contribution >= 0.6 is 22.7 Å². The Balaban J connectivity index is 1.68. The maximum Gasteiger partial charge on any atom is 0.232 e. The van der Waals surface area contributed by atoms with E-state index in [0.29, 0.717) is 11.7 Å². The van der Waals surface area contributed by atoms with Gasteiger partial charge in [-0.1, -0.05) is 18.2 Å². The molecule has 3 N–H and O–H groups in total. The number of amides is 1. The second kappa shape index (κ2) is 6.99. The number of anilines is 1. The maximum absolute atomic E-state index is 12.0. The Morgan fingerprint density at radius 2 is 2.13 bits per heavy atom. The molecule has 0 bridgehead atoms. The van der Waals surface area contributed by atoms with E-state index in [9.17, 15) is 4.79 Å². The van der Waals surface area contributed by atoms with Crippen molar-refractivity contribution in [3.05, 3.63) is 52.0 Å². The van der Waals surface area contributed by atoms with Gasteiger partial charge in [-0.2, -0.15) is 0 Å². The first-order chi connectivity index (χ1) is 11.1. The summed E-state index contributed by atoms with van der Waals surface area (Å²) in [6.07, 6.45) is 0.242. The van der Waals surface area contributed by atoms with Crippen LogP contribution < -0.4 is 11.1 Å². The van der Waals surface area contributed by atoms with E-state index >= 15 is 0 Å². The van der Waals surface area contributed by atoms with Gasteiger partial charge in [0.15, 0.2) is 5.13 Å². The molecule has 0 spiro atoms. The number of nitrogens with one attached hydrogen (secondary N) is 1. The highest BCUT2D eigenvalue weighted by atomic mass is 32.1. The zero-order valence-electron chi connectivity index (χ0n) is 12.6. The first-order valence-electron chi connectivity index (χ1n) is 7.10. The molecule has 2 aromatic heterocycles. The van der Waals surface area contributed by atoms with Crippen molar-refractivity contribution in [3.8, 4) is 10.6 Å². The van der Waals surface area contributed by atoms with Crippen LogP contribution in [0.25, 0.3) is 10.6 Å². The third kappa shape index (κ3) is 4.01. The van der Waals surface area contributed by atoms with Crippen molar-refractivity contribution < 1.29 is 4.79 Å². The number of carbonyl (C=O) groups excluding carboxylic acids is 1. The fourth-order valence-electron chi connectivity index (χ4n) is 2.09. The molecule has 1 amide bonds. The van der Waals surface area contributed by atoms with Gasteiger partial charge in [-0.25, -0.2) is 9.97 Å². The van der Waals surface area contributed by atoms with Crippen LogP contribution in [0, 0.1) is 6.92 Å². The molecular formula is C16H16N4OS2. The SMILES string of the molecule is Cc1csc(NC(=O)Cc2csc(-c3cccc(CN)c3)n2)n1. The van der Waals surface area contributed by atoms with Crippen molar-refractivity contribution in [2.24, 2.45) is 5.73 Å². The average Bonchev–Trinajstić information content (AvgIpc) is 3.16. The van der Waals surface area contributed by atoms with Gasteiger partial charge in [0.2, 0.25) is 5.91 Å². The van der Waals surface area contributed by atoms with Crippen LogP contribution in [0.4, 0.5) is 5.13 Å². The van der Waals surface area contributed by atoms with Crippen molar-refractivity contribution in [1.29, 1.82) is 0 Å². The zero-order chi connectivity index (χ0) is 16.2. The summed E-state index contributed by atoms with van der Waals surface area (Å²) in [5.41, 5.74) is 9.42. The maximum atomic E-state index is 12.0. The molecule has 0 radical (unpaired) electrons. The van der Waals surface area contributed by atoms with Gasteiger partial charge in [0.05, 0.1) is 17.8 Å². The van der Waals surface area contributed by atoms with Crippen LogP contribution in [0.3, 0.4) is 0 Å². The summed E-state index contributed by atoms with van der Waals surface area (Å²) in [6.45, 7) is 2.40. The molecular weight excluding hydrogens is 328 g/mol. The minimum Gasteiger partial charge on any atom is -0.326 e. The summed E-state index contributed by atoms with van der Waals surface area (Å²) in [4.78, 5) is 20.8. The quantitative estimate of drug-likeness (QED) is 0.745. The number of benzene rings is 1. The number of thiazole rings is 2. The number of nitrogens with two attached hydrogens (primary N) is 1. The number of aryl methyl sites for hydroxylation is 1. The van der Waals surface area contributed by atoms with Crippen molar-refractivity contribution in [2.75, 3.05) is 5.32 Å². The molecule has 0 aliphatic carbocycles. The molecule has 3 rings (SSSR count). The van der Waals surface area contributed by atoms with E-state index in [1.165, 1.54) is 22.7 Å². The summed E-state index contributed by atoms with van der Waals surface area (Å²) >= 11 is 2.95. The first-order valence-corrected chi connectivity index (χ1v) is 8.86. The van der Waals surface area contributed by atoms with Crippen molar-refractivity contribution >= 4 is 33.7 Å².